The molecule has 0 bridgehead atoms. The number of hydrogen-bond donors (Lipinski definition) is 1. The van der Waals surface area contributed by atoms with Gasteiger partial charge in [-0.25, -0.2) is 0 Å². The number of nitrogens with zero attached hydrogens (tertiary/aromatic N) is 1. The Morgan fingerprint density at radius 1 is 1.24 bits per heavy atom. The van der Waals surface area contributed by atoms with Crippen LogP contribution in [0.15, 0.2) is 24.3 Å². The van der Waals surface area contributed by atoms with Gasteiger partial charge in [-0.1, -0.05) is 31.5 Å². The van der Waals surface area contributed by atoms with Crippen LogP contribution in [-0.2, 0) is 13.1 Å². The lowest BCUT2D eigenvalue weighted by molar-refractivity contribution is 0.175. The van der Waals surface area contributed by atoms with Crippen molar-refractivity contribution in [2.45, 2.75) is 39.3 Å². The minimum atomic E-state index is 0.956. The van der Waals surface area contributed by atoms with Crippen molar-refractivity contribution in [3.05, 3.63) is 34.7 Å². The molecule has 0 aliphatic carbocycles. The first-order chi connectivity index (χ1) is 10.3. The summed E-state index contributed by atoms with van der Waals surface area (Å²) in [6.45, 7) is 6.97. The highest BCUT2D eigenvalue weighted by Crippen LogP contribution is 2.33. The van der Waals surface area contributed by atoms with Crippen LogP contribution in [0, 0.1) is 5.92 Å². The molecule has 114 valence electrons. The number of nitrogens with one attached hydrogen (secondary N) is 1. The van der Waals surface area contributed by atoms with Crippen molar-refractivity contribution < 1.29 is 0 Å². The first kappa shape index (κ1) is 15.0. The number of benzene rings is 1. The number of piperidine rings is 1. The predicted molar refractivity (Wildman–Crippen MR) is 92.9 cm³/mol. The number of hydrogen-bond acceptors (Lipinski definition) is 3. The Morgan fingerprint density at radius 2 is 2.00 bits per heavy atom. The van der Waals surface area contributed by atoms with Gasteiger partial charge in [0.15, 0.2) is 0 Å². The average molecular weight is 302 g/mol. The van der Waals surface area contributed by atoms with Crippen LogP contribution in [0.4, 0.5) is 0 Å². The van der Waals surface area contributed by atoms with Crippen LogP contribution >= 0.6 is 11.3 Å². The fourth-order valence-electron chi connectivity index (χ4n) is 3.40. The molecule has 0 atom stereocenters. The normalized spacial score (nSPS) is 17.6. The van der Waals surface area contributed by atoms with Gasteiger partial charge in [0.2, 0.25) is 0 Å². The quantitative estimate of drug-likeness (QED) is 0.888. The number of thiophene rings is 1. The molecule has 1 fully saturated rings. The summed E-state index contributed by atoms with van der Waals surface area (Å²) < 4.78 is 1.43. The lowest BCUT2D eigenvalue weighted by Gasteiger charge is -2.31. The topological polar surface area (TPSA) is 15.3 Å². The highest BCUT2D eigenvalue weighted by Gasteiger charge is 2.20. The van der Waals surface area contributed by atoms with E-state index in [0.717, 1.165) is 19.0 Å². The van der Waals surface area contributed by atoms with Crippen molar-refractivity contribution in [1.29, 1.82) is 0 Å². The highest BCUT2D eigenvalue weighted by atomic mass is 32.1. The molecule has 1 aromatic heterocycles. The van der Waals surface area contributed by atoms with E-state index in [4.69, 9.17) is 0 Å². The Balaban J connectivity index is 1.80. The summed E-state index contributed by atoms with van der Waals surface area (Å²) >= 11 is 1.95. The summed E-state index contributed by atoms with van der Waals surface area (Å²) in [6.07, 6.45) is 4.10. The van der Waals surface area contributed by atoms with Crippen molar-refractivity contribution in [1.82, 2.24) is 10.2 Å². The number of rotatable bonds is 5. The molecule has 0 spiro atoms. The SMILES string of the molecule is CCC1CCN(Cc2c(CNC)sc3ccccc23)CC1. The molecule has 1 aliphatic heterocycles. The third-order valence-electron chi connectivity index (χ3n) is 4.79. The van der Waals surface area contributed by atoms with E-state index in [1.54, 1.807) is 5.56 Å². The monoisotopic (exact) mass is 302 g/mol. The maximum Gasteiger partial charge on any atom is 0.0349 e. The molecule has 2 nitrogen and oxygen atoms in total. The van der Waals surface area contributed by atoms with Gasteiger partial charge in [-0.15, -0.1) is 11.3 Å². The van der Waals surface area contributed by atoms with Gasteiger partial charge in [0.25, 0.3) is 0 Å². The van der Waals surface area contributed by atoms with E-state index in [2.05, 4.69) is 41.4 Å². The molecule has 0 unspecified atom stereocenters. The first-order valence-electron chi connectivity index (χ1n) is 8.18. The fraction of sp³-hybridized carbons (Fsp3) is 0.556. The first-order valence-corrected chi connectivity index (χ1v) is 8.99. The fourth-order valence-corrected chi connectivity index (χ4v) is 4.63. The van der Waals surface area contributed by atoms with Gasteiger partial charge < -0.3 is 5.32 Å². The second-order valence-corrected chi connectivity index (χ2v) is 7.29. The smallest absolute Gasteiger partial charge is 0.0349 e. The number of fused-ring (bicyclic) bond motifs is 1. The summed E-state index contributed by atoms with van der Waals surface area (Å²) in [5, 5.41) is 4.79. The van der Waals surface area contributed by atoms with E-state index in [-0.39, 0.29) is 0 Å². The number of likely N-dealkylation sites (tertiary alicyclic amines) is 1. The van der Waals surface area contributed by atoms with Crippen LogP contribution in [-0.4, -0.2) is 25.0 Å². The minimum Gasteiger partial charge on any atom is -0.315 e. The van der Waals surface area contributed by atoms with E-state index < -0.39 is 0 Å². The van der Waals surface area contributed by atoms with Crippen molar-refractivity contribution in [3.8, 4) is 0 Å². The largest absolute Gasteiger partial charge is 0.315 e. The second-order valence-electron chi connectivity index (χ2n) is 6.16. The summed E-state index contributed by atoms with van der Waals surface area (Å²) in [6, 6.07) is 8.87. The van der Waals surface area contributed by atoms with E-state index in [1.807, 2.05) is 18.4 Å². The van der Waals surface area contributed by atoms with E-state index in [1.165, 1.54) is 47.3 Å². The van der Waals surface area contributed by atoms with Gasteiger partial charge in [-0.2, -0.15) is 0 Å². The Kier molecular flexibility index (Phi) is 4.94. The van der Waals surface area contributed by atoms with Crippen LogP contribution in [0.1, 0.15) is 36.6 Å². The van der Waals surface area contributed by atoms with Crippen molar-refractivity contribution in [2.75, 3.05) is 20.1 Å². The zero-order chi connectivity index (χ0) is 14.7. The predicted octanol–water partition coefficient (Wildman–Crippen LogP) is 4.24. The highest BCUT2D eigenvalue weighted by molar-refractivity contribution is 7.19. The van der Waals surface area contributed by atoms with Crippen LogP contribution in [0.5, 0.6) is 0 Å². The van der Waals surface area contributed by atoms with Gasteiger partial charge in [0, 0.05) is 22.7 Å². The molecular weight excluding hydrogens is 276 g/mol. The summed E-state index contributed by atoms with van der Waals surface area (Å²) in [5.74, 6) is 0.956. The molecular formula is C18H26N2S. The molecule has 2 heterocycles. The Morgan fingerprint density at radius 3 is 2.71 bits per heavy atom. The molecule has 2 aromatic rings. The van der Waals surface area contributed by atoms with Crippen LogP contribution in [0.25, 0.3) is 10.1 Å². The summed E-state index contributed by atoms with van der Waals surface area (Å²) in [7, 11) is 2.04. The standard InChI is InChI=1S/C18H26N2S/c1-3-14-8-10-20(11-9-14)13-16-15-6-4-5-7-17(15)21-18(16)12-19-2/h4-7,14,19H,3,8-13H2,1-2H3. The van der Waals surface area contributed by atoms with Gasteiger partial charge >= 0.3 is 0 Å². The molecule has 3 rings (SSSR count). The maximum atomic E-state index is 3.33. The van der Waals surface area contributed by atoms with Crippen molar-refractivity contribution in [3.63, 3.8) is 0 Å². The van der Waals surface area contributed by atoms with Crippen molar-refractivity contribution in [2.24, 2.45) is 5.92 Å². The second kappa shape index (κ2) is 6.91. The molecule has 21 heavy (non-hydrogen) atoms. The van der Waals surface area contributed by atoms with Gasteiger partial charge in [-0.3, -0.25) is 4.90 Å². The van der Waals surface area contributed by atoms with Gasteiger partial charge in [-0.05, 0) is 55.9 Å². The molecule has 1 aromatic carbocycles. The lowest BCUT2D eigenvalue weighted by Crippen LogP contribution is -2.33. The van der Waals surface area contributed by atoms with Gasteiger partial charge in [0.1, 0.15) is 0 Å². The molecule has 1 saturated heterocycles. The molecule has 0 amide bonds. The summed E-state index contributed by atoms with van der Waals surface area (Å²) in [4.78, 5) is 4.16. The summed E-state index contributed by atoms with van der Waals surface area (Å²) in [5.41, 5.74) is 1.56. The van der Waals surface area contributed by atoms with E-state index in [0.29, 0.717) is 0 Å². The maximum absolute atomic E-state index is 3.33. The lowest BCUT2D eigenvalue weighted by atomic mass is 9.94. The van der Waals surface area contributed by atoms with Crippen LogP contribution in [0.2, 0.25) is 0 Å². The zero-order valence-corrected chi connectivity index (χ0v) is 14.0. The minimum absolute atomic E-state index is 0.956. The van der Waals surface area contributed by atoms with Crippen LogP contribution < -0.4 is 5.32 Å². The van der Waals surface area contributed by atoms with E-state index in [9.17, 15) is 0 Å². The molecule has 0 saturated carbocycles. The molecule has 1 aliphatic rings. The Bertz CT molecular complexity index is 582. The Hall–Kier alpha value is -0.900. The molecule has 3 heteroatoms. The van der Waals surface area contributed by atoms with Crippen molar-refractivity contribution >= 4 is 21.4 Å². The Labute approximate surface area is 132 Å². The average Bonchev–Trinajstić information content (AvgIpc) is 2.86. The van der Waals surface area contributed by atoms with E-state index >= 15 is 0 Å². The third-order valence-corrected chi connectivity index (χ3v) is 6.00. The molecule has 1 N–H and O–H groups in total. The third kappa shape index (κ3) is 3.31. The van der Waals surface area contributed by atoms with Gasteiger partial charge in [0.05, 0.1) is 0 Å². The van der Waals surface area contributed by atoms with Crippen LogP contribution in [0.3, 0.4) is 0 Å². The molecule has 0 radical (unpaired) electrons. The zero-order valence-electron chi connectivity index (χ0n) is 13.2.